The molecule has 12 heteroatoms. The van der Waals surface area contributed by atoms with Gasteiger partial charge in [0.15, 0.2) is 0 Å². The van der Waals surface area contributed by atoms with Crippen LogP contribution >= 0.6 is 0 Å². The van der Waals surface area contributed by atoms with E-state index >= 15 is 0 Å². The Hall–Kier alpha value is -3.70. The molecule has 0 fully saturated rings. The molecule has 30 heavy (non-hydrogen) atoms. The van der Waals surface area contributed by atoms with Crippen molar-refractivity contribution in [1.29, 1.82) is 0 Å². The molecule has 4 aromatic heterocycles. The number of hydrogen-bond donors (Lipinski definition) is 1. The molecule has 0 saturated carbocycles. The lowest BCUT2D eigenvalue weighted by Gasteiger charge is -2.14. The summed E-state index contributed by atoms with van der Waals surface area (Å²) in [5.74, 6) is -0.707. The number of aromatic nitrogens is 4. The molecule has 0 bridgehead atoms. The number of carbonyl (C=O) groups excluding carboxylic acids is 1. The highest BCUT2D eigenvalue weighted by molar-refractivity contribution is 6.03. The van der Waals surface area contributed by atoms with Crippen LogP contribution in [0.25, 0.3) is 16.7 Å². The van der Waals surface area contributed by atoms with E-state index in [4.69, 9.17) is 0 Å². The lowest BCUT2D eigenvalue weighted by molar-refractivity contribution is -0.144. The first-order valence-corrected chi connectivity index (χ1v) is 8.22. The third-order valence-corrected chi connectivity index (χ3v) is 4.17. The number of rotatable bonds is 2. The lowest BCUT2D eigenvalue weighted by Crippen LogP contribution is -2.14. The summed E-state index contributed by atoms with van der Waals surface area (Å²) >= 11 is 0. The smallest absolute Gasteiger partial charge is 0.320 e. The minimum Gasteiger partial charge on any atom is -0.320 e. The Morgan fingerprint density at radius 2 is 1.63 bits per heavy atom. The summed E-state index contributed by atoms with van der Waals surface area (Å²) in [6.45, 7) is 0. The zero-order chi connectivity index (χ0) is 21.7. The molecule has 0 aliphatic heterocycles. The molecule has 154 valence electrons. The Kier molecular flexibility index (Phi) is 4.36. The monoisotopic (exact) mass is 425 g/mol. The molecule has 0 atom stereocenters. The Labute approximate surface area is 163 Å². The first kappa shape index (κ1) is 19.6. The van der Waals surface area contributed by atoms with Gasteiger partial charge in [-0.05, 0) is 30.3 Å². The Bertz CT molecular complexity index is 1260. The van der Waals surface area contributed by atoms with Crippen LogP contribution < -0.4 is 5.32 Å². The first-order valence-electron chi connectivity index (χ1n) is 8.22. The van der Waals surface area contributed by atoms with Gasteiger partial charge in [-0.3, -0.25) is 14.2 Å². The summed E-state index contributed by atoms with van der Waals surface area (Å²) in [7, 11) is 0. The maximum atomic E-state index is 13.4. The fraction of sp³-hybridized carbons (Fsp3) is 0.111. The van der Waals surface area contributed by atoms with Crippen molar-refractivity contribution in [3.05, 3.63) is 65.9 Å². The van der Waals surface area contributed by atoms with Crippen molar-refractivity contribution < 1.29 is 31.1 Å². The average molecular weight is 425 g/mol. The van der Waals surface area contributed by atoms with Crippen molar-refractivity contribution in [3.8, 4) is 0 Å². The van der Waals surface area contributed by atoms with E-state index in [0.29, 0.717) is 5.69 Å². The normalized spacial score (nSPS) is 12.5. The molecule has 6 nitrogen and oxygen atoms in total. The summed E-state index contributed by atoms with van der Waals surface area (Å²) in [6, 6.07) is 5.09. The molecule has 0 aromatic carbocycles. The number of imidazole rings is 1. The van der Waals surface area contributed by atoms with E-state index < -0.39 is 40.6 Å². The van der Waals surface area contributed by atoms with Gasteiger partial charge in [0.2, 0.25) is 0 Å². The maximum Gasteiger partial charge on any atom is 0.433 e. The fourth-order valence-electron chi connectivity index (χ4n) is 2.85. The number of fused-ring (bicyclic) bond motifs is 3. The van der Waals surface area contributed by atoms with Crippen molar-refractivity contribution >= 4 is 28.3 Å². The predicted molar refractivity (Wildman–Crippen MR) is 92.7 cm³/mol. The van der Waals surface area contributed by atoms with Gasteiger partial charge in [-0.15, -0.1) is 0 Å². The number of carbonyl (C=O) groups is 1. The van der Waals surface area contributed by atoms with E-state index in [1.807, 2.05) is 0 Å². The fourth-order valence-corrected chi connectivity index (χ4v) is 2.85. The highest BCUT2D eigenvalue weighted by Crippen LogP contribution is 2.38. The summed E-state index contributed by atoms with van der Waals surface area (Å²) in [6.07, 6.45) is -6.26. The first-order chi connectivity index (χ1) is 14.0. The van der Waals surface area contributed by atoms with Crippen LogP contribution in [0.1, 0.15) is 21.7 Å². The van der Waals surface area contributed by atoms with Gasteiger partial charge in [0, 0.05) is 29.7 Å². The van der Waals surface area contributed by atoms with Crippen LogP contribution in [0.3, 0.4) is 0 Å². The van der Waals surface area contributed by atoms with Gasteiger partial charge in [0.05, 0.1) is 5.56 Å². The van der Waals surface area contributed by atoms with E-state index in [2.05, 4.69) is 20.3 Å². The standard InChI is InChI=1S/C18H9F6N5O/c19-17(20,21)11-7-13(18(22,23)24)28-15-10(11)1-2-14-27-12(8-29(14)15)16(30)26-9-3-5-25-6-4-9/h1-8H,(H,25,26,30). The second-order valence-electron chi connectivity index (χ2n) is 6.17. The number of nitrogens with one attached hydrogen (secondary N) is 1. The number of pyridine rings is 3. The largest absolute Gasteiger partial charge is 0.433 e. The summed E-state index contributed by atoms with van der Waals surface area (Å²) < 4.78 is 80.4. The summed E-state index contributed by atoms with van der Waals surface area (Å²) in [4.78, 5) is 23.5. The molecular weight excluding hydrogens is 416 g/mol. The van der Waals surface area contributed by atoms with Crippen LogP contribution in [-0.4, -0.2) is 25.3 Å². The highest BCUT2D eigenvalue weighted by Gasteiger charge is 2.39. The molecule has 0 aliphatic carbocycles. The molecule has 0 aliphatic rings. The minimum atomic E-state index is -5.10. The van der Waals surface area contributed by atoms with E-state index in [1.54, 1.807) is 0 Å². The van der Waals surface area contributed by atoms with Crippen molar-refractivity contribution in [2.75, 3.05) is 5.32 Å². The van der Waals surface area contributed by atoms with Crippen LogP contribution in [-0.2, 0) is 12.4 Å². The number of alkyl halides is 6. The minimum absolute atomic E-state index is 0.0395. The molecular formula is C18H9F6N5O. The summed E-state index contributed by atoms with van der Waals surface area (Å²) in [5, 5.41) is 1.95. The van der Waals surface area contributed by atoms with Gasteiger partial charge >= 0.3 is 12.4 Å². The van der Waals surface area contributed by atoms with Crippen LogP contribution in [0.5, 0.6) is 0 Å². The van der Waals surface area contributed by atoms with Gasteiger partial charge in [0.25, 0.3) is 5.91 Å². The zero-order valence-corrected chi connectivity index (χ0v) is 14.6. The Balaban J connectivity index is 1.89. The number of amides is 1. The van der Waals surface area contributed by atoms with Crippen molar-refractivity contribution in [3.63, 3.8) is 0 Å². The van der Waals surface area contributed by atoms with Crippen molar-refractivity contribution in [1.82, 2.24) is 19.4 Å². The molecule has 4 rings (SSSR count). The Morgan fingerprint density at radius 3 is 2.27 bits per heavy atom. The molecule has 4 heterocycles. The van der Waals surface area contributed by atoms with Crippen LogP contribution in [0.2, 0.25) is 0 Å². The topological polar surface area (TPSA) is 72.2 Å². The zero-order valence-electron chi connectivity index (χ0n) is 14.6. The van der Waals surface area contributed by atoms with Crippen molar-refractivity contribution in [2.45, 2.75) is 12.4 Å². The average Bonchev–Trinajstić information content (AvgIpc) is 3.11. The molecule has 1 amide bonds. The quantitative estimate of drug-likeness (QED) is 0.478. The third kappa shape index (κ3) is 3.51. The van der Waals surface area contributed by atoms with E-state index in [0.717, 1.165) is 22.7 Å². The number of hydrogen-bond acceptors (Lipinski definition) is 4. The molecule has 0 spiro atoms. The molecule has 4 aromatic rings. The number of halogens is 6. The highest BCUT2D eigenvalue weighted by atomic mass is 19.4. The van der Waals surface area contributed by atoms with E-state index in [1.165, 1.54) is 24.5 Å². The summed E-state index contributed by atoms with van der Waals surface area (Å²) in [5.41, 5.74) is -3.68. The van der Waals surface area contributed by atoms with E-state index in [-0.39, 0.29) is 17.4 Å². The number of anilines is 1. The number of nitrogens with zero attached hydrogens (tertiary/aromatic N) is 4. The van der Waals surface area contributed by atoms with Gasteiger partial charge in [-0.2, -0.15) is 26.3 Å². The Morgan fingerprint density at radius 1 is 0.933 bits per heavy atom. The SMILES string of the molecule is O=C(Nc1ccncc1)c1cn2c(ccc3c(C(F)(F)F)cc(C(F)(F)F)nc32)n1. The molecule has 0 radical (unpaired) electrons. The van der Waals surface area contributed by atoms with Gasteiger partial charge < -0.3 is 5.32 Å². The molecule has 1 N–H and O–H groups in total. The van der Waals surface area contributed by atoms with Gasteiger partial charge in [-0.1, -0.05) is 0 Å². The lowest BCUT2D eigenvalue weighted by atomic mass is 10.1. The maximum absolute atomic E-state index is 13.4. The van der Waals surface area contributed by atoms with Crippen LogP contribution in [0.15, 0.2) is 48.9 Å². The van der Waals surface area contributed by atoms with Crippen molar-refractivity contribution in [2.24, 2.45) is 0 Å². The molecule has 0 unspecified atom stereocenters. The van der Waals surface area contributed by atoms with Gasteiger partial charge in [-0.25, -0.2) is 9.97 Å². The second-order valence-corrected chi connectivity index (χ2v) is 6.17. The third-order valence-electron chi connectivity index (χ3n) is 4.17. The van der Waals surface area contributed by atoms with Crippen LogP contribution in [0.4, 0.5) is 32.0 Å². The van der Waals surface area contributed by atoms with Gasteiger partial charge in [0.1, 0.15) is 22.7 Å². The second kappa shape index (κ2) is 6.68. The van der Waals surface area contributed by atoms with E-state index in [9.17, 15) is 31.1 Å². The molecule has 0 saturated heterocycles. The predicted octanol–water partition coefficient (Wildman–Crippen LogP) is 4.57. The van der Waals surface area contributed by atoms with Crippen LogP contribution in [0, 0.1) is 0 Å².